The van der Waals surface area contributed by atoms with Crippen molar-refractivity contribution >= 4 is 0 Å². The van der Waals surface area contributed by atoms with Gasteiger partial charge in [-0.2, -0.15) is 13.2 Å². The van der Waals surface area contributed by atoms with Gasteiger partial charge in [0.25, 0.3) is 0 Å². The summed E-state index contributed by atoms with van der Waals surface area (Å²) in [4.78, 5) is 2.10. The molecular weight excluding hydrogens is 265 g/mol. The SMILES string of the molecule is CC(C)(CNC(C)(C)C)CN1CC=C(C(F)(F)F)CC1. The summed E-state index contributed by atoms with van der Waals surface area (Å²) >= 11 is 0. The van der Waals surface area contributed by atoms with Crippen molar-refractivity contribution < 1.29 is 13.2 Å². The maximum absolute atomic E-state index is 12.6. The van der Waals surface area contributed by atoms with Crippen LogP contribution in [0.3, 0.4) is 0 Å². The van der Waals surface area contributed by atoms with Crippen LogP contribution in [0.15, 0.2) is 11.6 Å². The highest BCUT2D eigenvalue weighted by Crippen LogP contribution is 2.31. The Bertz CT molecular complexity index is 351. The molecular formula is C15H27F3N2. The first kappa shape index (κ1) is 17.5. The summed E-state index contributed by atoms with van der Waals surface area (Å²) in [5, 5.41) is 3.46. The van der Waals surface area contributed by atoms with Gasteiger partial charge in [-0.25, -0.2) is 0 Å². The van der Waals surface area contributed by atoms with Gasteiger partial charge in [0.2, 0.25) is 0 Å². The Balaban J connectivity index is 2.48. The molecule has 0 spiro atoms. The van der Waals surface area contributed by atoms with Crippen molar-refractivity contribution in [3.63, 3.8) is 0 Å². The standard InChI is InChI=1S/C15H27F3N2/c1-13(2,3)19-10-14(4,5)11-20-8-6-12(7-9-20)15(16,17)18/h6,19H,7-11H2,1-5H3. The highest BCUT2D eigenvalue weighted by atomic mass is 19.4. The quantitative estimate of drug-likeness (QED) is 0.797. The number of nitrogens with zero attached hydrogens (tertiary/aromatic N) is 1. The second-order valence-electron chi connectivity index (χ2n) is 7.48. The average Bonchev–Trinajstić information content (AvgIpc) is 2.25. The lowest BCUT2D eigenvalue weighted by Crippen LogP contribution is -2.47. The molecule has 0 aromatic carbocycles. The van der Waals surface area contributed by atoms with Gasteiger partial charge in [0.05, 0.1) is 0 Å². The molecule has 0 radical (unpaired) electrons. The van der Waals surface area contributed by atoms with Gasteiger partial charge in [-0.3, -0.25) is 4.90 Å². The lowest BCUT2D eigenvalue weighted by molar-refractivity contribution is -0.0962. The highest BCUT2D eigenvalue weighted by molar-refractivity contribution is 5.13. The van der Waals surface area contributed by atoms with Crippen molar-refractivity contribution in [1.82, 2.24) is 10.2 Å². The van der Waals surface area contributed by atoms with Crippen molar-refractivity contribution in [3.8, 4) is 0 Å². The van der Waals surface area contributed by atoms with Crippen molar-refractivity contribution in [3.05, 3.63) is 11.6 Å². The molecule has 0 bridgehead atoms. The lowest BCUT2D eigenvalue weighted by Gasteiger charge is -2.36. The van der Waals surface area contributed by atoms with Gasteiger partial charge in [-0.05, 0) is 32.6 Å². The Morgan fingerprint density at radius 1 is 1.15 bits per heavy atom. The van der Waals surface area contributed by atoms with Crippen molar-refractivity contribution in [2.45, 2.75) is 52.8 Å². The Morgan fingerprint density at radius 2 is 1.75 bits per heavy atom. The summed E-state index contributed by atoms with van der Waals surface area (Å²) in [5.41, 5.74) is -0.279. The molecule has 0 aliphatic carbocycles. The fraction of sp³-hybridized carbons (Fsp3) is 0.867. The molecule has 118 valence electrons. The van der Waals surface area contributed by atoms with Gasteiger partial charge in [-0.15, -0.1) is 0 Å². The van der Waals surface area contributed by atoms with E-state index in [9.17, 15) is 13.2 Å². The zero-order valence-electron chi connectivity index (χ0n) is 13.2. The van der Waals surface area contributed by atoms with Crippen molar-refractivity contribution in [1.29, 1.82) is 0 Å². The molecule has 0 amide bonds. The molecule has 0 aromatic heterocycles. The third-order valence-electron chi connectivity index (χ3n) is 3.41. The maximum Gasteiger partial charge on any atom is 0.412 e. The van der Waals surface area contributed by atoms with Gasteiger partial charge in [0.1, 0.15) is 0 Å². The van der Waals surface area contributed by atoms with E-state index in [4.69, 9.17) is 0 Å². The molecule has 0 saturated heterocycles. The number of alkyl halides is 3. The van der Waals surface area contributed by atoms with Crippen LogP contribution in [0.25, 0.3) is 0 Å². The van der Waals surface area contributed by atoms with Crippen LogP contribution in [0.4, 0.5) is 13.2 Å². The summed E-state index contributed by atoms with van der Waals surface area (Å²) in [7, 11) is 0. The lowest BCUT2D eigenvalue weighted by atomic mass is 9.90. The number of hydrogen-bond acceptors (Lipinski definition) is 2. The molecule has 0 unspecified atom stereocenters. The van der Waals surface area contributed by atoms with Gasteiger partial charge in [0, 0.05) is 37.3 Å². The van der Waals surface area contributed by atoms with Crippen molar-refractivity contribution in [2.75, 3.05) is 26.2 Å². The zero-order valence-corrected chi connectivity index (χ0v) is 13.2. The third-order valence-corrected chi connectivity index (χ3v) is 3.41. The molecule has 1 heterocycles. The molecule has 0 saturated carbocycles. The first-order valence-corrected chi connectivity index (χ1v) is 7.13. The smallest absolute Gasteiger partial charge is 0.311 e. The summed E-state index contributed by atoms with van der Waals surface area (Å²) in [6, 6.07) is 0. The molecule has 20 heavy (non-hydrogen) atoms. The molecule has 5 heteroatoms. The highest BCUT2D eigenvalue weighted by Gasteiger charge is 2.35. The molecule has 1 N–H and O–H groups in total. The van der Waals surface area contributed by atoms with Crippen LogP contribution in [0, 0.1) is 5.41 Å². The molecule has 2 nitrogen and oxygen atoms in total. The summed E-state index contributed by atoms with van der Waals surface area (Å²) in [5.74, 6) is 0. The second kappa shape index (κ2) is 6.06. The third kappa shape index (κ3) is 6.27. The van der Waals surface area contributed by atoms with Crippen LogP contribution in [0.5, 0.6) is 0 Å². The monoisotopic (exact) mass is 292 g/mol. The largest absolute Gasteiger partial charge is 0.412 e. The number of hydrogen-bond donors (Lipinski definition) is 1. The molecule has 1 aliphatic rings. The second-order valence-corrected chi connectivity index (χ2v) is 7.48. The fourth-order valence-corrected chi connectivity index (χ4v) is 2.28. The summed E-state index contributed by atoms with van der Waals surface area (Å²) < 4.78 is 37.7. The molecule has 0 fully saturated rings. The van der Waals surface area contributed by atoms with Gasteiger partial charge in [-0.1, -0.05) is 19.9 Å². The Kier molecular flexibility index (Phi) is 5.30. The van der Waals surface area contributed by atoms with Gasteiger partial charge < -0.3 is 5.32 Å². The minimum absolute atomic E-state index is 0.0385. The normalized spacial score (nSPS) is 19.1. The predicted octanol–water partition coefficient (Wildman–Crippen LogP) is 3.60. The van der Waals surface area contributed by atoms with Crippen LogP contribution in [0.1, 0.15) is 41.0 Å². The number of rotatable bonds is 4. The van der Waals surface area contributed by atoms with E-state index in [1.54, 1.807) is 0 Å². The Hall–Kier alpha value is -0.550. The summed E-state index contributed by atoms with van der Waals surface area (Å²) in [6.45, 7) is 13.2. The van der Waals surface area contributed by atoms with E-state index >= 15 is 0 Å². The van der Waals surface area contributed by atoms with E-state index in [1.807, 2.05) is 0 Å². The topological polar surface area (TPSA) is 15.3 Å². The maximum atomic E-state index is 12.6. The van der Waals surface area contributed by atoms with E-state index in [0.717, 1.165) is 13.1 Å². The van der Waals surface area contributed by atoms with E-state index in [-0.39, 0.29) is 22.9 Å². The first-order chi connectivity index (χ1) is 8.89. The fourth-order valence-electron chi connectivity index (χ4n) is 2.28. The zero-order chi connectivity index (χ0) is 15.6. The van der Waals surface area contributed by atoms with Gasteiger partial charge in [0.15, 0.2) is 0 Å². The summed E-state index contributed by atoms with van der Waals surface area (Å²) in [6.07, 6.45) is -2.72. The molecule has 1 rings (SSSR count). The predicted molar refractivity (Wildman–Crippen MR) is 76.7 cm³/mol. The number of nitrogens with one attached hydrogen (secondary N) is 1. The molecule has 1 aliphatic heterocycles. The Morgan fingerprint density at radius 3 is 2.15 bits per heavy atom. The number of halogens is 3. The first-order valence-electron chi connectivity index (χ1n) is 7.13. The van der Waals surface area contributed by atoms with Crippen LogP contribution in [-0.4, -0.2) is 42.8 Å². The minimum atomic E-state index is -4.16. The average molecular weight is 292 g/mol. The Labute approximate surface area is 120 Å². The van der Waals surface area contributed by atoms with E-state index in [0.29, 0.717) is 13.1 Å². The molecule has 0 aromatic rings. The van der Waals surface area contributed by atoms with Crippen LogP contribution in [0.2, 0.25) is 0 Å². The van der Waals surface area contributed by atoms with Crippen LogP contribution < -0.4 is 5.32 Å². The van der Waals surface area contributed by atoms with Gasteiger partial charge >= 0.3 is 6.18 Å². The van der Waals surface area contributed by atoms with E-state index < -0.39 is 6.18 Å². The van der Waals surface area contributed by atoms with Crippen LogP contribution >= 0.6 is 0 Å². The minimum Gasteiger partial charge on any atom is -0.311 e. The molecule has 0 atom stereocenters. The van der Waals surface area contributed by atoms with Crippen molar-refractivity contribution in [2.24, 2.45) is 5.41 Å². The van der Waals surface area contributed by atoms with E-state index in [1.165, 1.54) is 6.08 Å². The van der Waals surface area contributed by atoms with E-state index in [2.05, 4.69) is 44.8 Å². The van der Waals surface area contributed by atoms with Crippen LogP contribution in [-0.2, 0) is 0 Å².